The van der Waals surface area contributed by atoms with Gasteiger partial charge in [0.1, 0.15) is 5.75 Å². The van der Waals surface area contributed by atoms with E-state index >= 15 is 0 Å². The lowest BCUT2D eigenvalue weighted by atomic mass is 10.0. The summed E-state index contributed by atoms with van der Waals surface area (Å²) < 4.78 is 5.12. The van der Waals surface area contributed by atoms with Gasteiger partial charge in [-0.3, -0.25) is 4.79 Å². The van der Waals surface area contributed by atoms with Crippen molar-refractivity contribution in [1.82, 2.24) is 5.43 Å². The molecule has 0 spiro atoms. The van der Waals surface area contributed by atoms with Crippen molar-refractivity contribution in [1.29, 1.82) is 0 Å². The summed E-state index contributed by atoms with van der Waals surface area (Å²) >= 11 is 0. The highest BCUT2D eigenvalue weighted by Crippen LogP contribution is 2.13. The average molecular weight is 296 g/mol. The Kier molecular flexibility index (Phi) is 5.31. The number of ether oxygens (including phenoxy) is 1. The summed E-state index contributed by atoms with van der Waals surface area (Å²) in [4.78, 5) is 12.2. The van der Waals surface area contributed by atoms with Gasteiger partial charge in [-0.05, 0) is 29.7 Å². The molecule has 0 fully saturated rings. The second-order valence-corrected chi connectivity index (χ2v) is 5.19. The Morgan fingerprint density at radius 3 is 2.36 bits per heavy atom. The molecule has 0 heterocycles. The van der Waals surface area contributed by atoms with Crippen molar-refractivity contribution in [2.24, 2.45) is 11.0 Å². The van der Waals surface area contributed by atoms with Crippen LogP contribution in [0.1, 0.15) is 29.8 Å². The van der Waals surface area contributed by atoms with Crippen molar-refractivity contribution in [2.45, 2.75) is 13.8 Å². The van der Waals surface area contributed by atoms with Crippen LogP contribution in [0.2, 0.25) is 0 Å². The summed E-state index contributed by atoms with van der Waals surface area (Å²) in [6, 6.07) is 16.8. The minimum absolute atomic E-state index is 0.202. The first-order valence-corrected chi connectivity index (χ1v) is 7.19. The fourth-order valence-electron chi connectivity index (χ4n) is 2.08. The smallest absolute Gasteiger partial charge is 0.271 e. The predicted octanol–water partition coefficient (Wildman–Crippen LogP) is 3.49. The van der Waals surface area contributed by atoms with E-state index in [1.54, 1.807) is 31.4 Å². The first kappa shape index (κ1) is 15.8. The summed E-state index contributed by atoms with van der Waals surface area (Å²) in [6.07, 6.45) is 0. The minimum atomic E-state index is -0.256. The monoisotopic (exact) mass is 296 g/mol. The van der Waals surface area contributed by atoms with Gasteiger partial charge in [-0.15, -0.1) is 0 Å². The molecule has 4 nitrogen and oxygen atoms in total. The van der Waals surface area contributed by atoms with Gasteiger partial charge in [0.05, 0.1) is 12.8 Å². The number of methoxy groups -OCH3 is 1. The van der Waals surface area contributed by atoms with Crippen molar-refractivity contribution in [3.05, 3.63) is 65.7 Å². The van der Waals surface area contributed by atoms with Gasteiger partial charge in [0.25, 0.3) is 5.91 Å². The van der Waals surface area contributed by atoms with Crippen molar-refractivity contribution in [3.8, 4) is 5.75 Å². The maximum Gasteiger partial charge on any atom is 0.271 e. The lowest BCUT2D eigenvalue weighted by Gasteiger charge is -2.11. The van der Waals surface area contributed by atoms with Gasteiger partial charge >= 0.3 is 0 Å². The molecule has 0 bridgehead atoms. The largest absolute Gasteiger partial charge is 0.497 e. The average Bonchev–Trinajstić information content (AvgIpc) is 2.55. The minimum Gasteiger partial charge on any atom is -0.497 e. The number of hydrogen-bond acceptors (Lipinski definition) is 3. The van der Waals surface area contributed by atoms with Gasteiger partial charge in [0.15, 0.2) is 0 Å². The third-order valence-corrected chi connectivity index (χ3v) is 3.23. The molecule has 1 N–H and O–H groups in total. The third-order valence-electron chi connectivity index (χ3n) is 3.23. The van der Waals surface area contributed by atoms with Crippen molar-refractivity contribution >= 4 is 11.6 Å². The summed E-state index contributed by atoms with van der Waals surface area (Å²) in [6.45, 7) is 4.09. The molecular formula is C18H20N2O2. The van der Waals surface area contributed by atoms with Crippen molar-refractivity contribution in [2.75, 3.05) is 7.11 Å². The second kappa shape index (κ2) is 7.41. The number of carbonyl (C=O) groups excluding carboxylic acids is 1. The number of carbonyl (C=O) groups is 1. The Hall–Kier alpha value is -2.62. The fourth-order valence-corrected chi connectivity index (χ4v) is 2.08. The summed E-state index contributed by atoms with van der Waals surface area (Å²) in [5, 5.41) is 4.30. The highest BCUT2D eigenvalue weighted by atomic mass is 16.5. The van der Waals surface area contributed by atoms with Crippen LogP contribution in [0.25, 0.3) is 0 Å². The van der Waals surface area contributed by atoms with E-state index in [0.29, 0.717) is 11.3 Å². The van der Waals surface area contributed by atoms with E-state index in [2.05, 4.69) is 10.5 Å². The van der Waals surface area contributed by atoms with Gasteiger partial charge in [0.2, 0.25) is 0 Å². The molecule has 114 valence electrons. The Morgan fingerprint density at radius 1 is 1.05 bits per heavy atom. The molecule has 2 rings (SSSR count). The molecule has 0 atom stereocenters. The van der Waals surface area contributed by atoms with E-state index in [1.165, 1.54) is 0 Å². The summed E-state index contributed by atoms with van der Waals surface area (Å²) in [5.41, 5.74) is 4.98. The maximum atomic E-state index is 12.2. The van der Waals surface area contributed by atoms with Crippen molar-refractivity contribution < 1.29 is 9.53 Å². The van der Waals surface area contributed by atoms with Crippen LogP contribution in [0.5, 0.6) is 5.75 Å². The second-order valence-electron chi connectivity index (χ2n) is 5.19. The predicted molar refractivity (Wildman–Crippen MR) is 88.3 cm³/mol. The van der Waals surface area contributed by atoms with Gasteiger partial charge in [0, 0.05) is 5.56 Å². The number of amides is 1. The number of benzene rings is 2. The molecule has 0 unspecified atom stereocenters. The first-order chi connectivity index (χ1) is 10.6. The Morgan fingerprint density at radius 2 is 1.73 bits per heavy atom. The first-order valence-electron chi connectivity index (χ1n) is 7.19. The summed E-state index contributed by atoms with van der Waals surface area (Å²) in [5.74, 6) is 0.588. The van der Waals surface area contributed by atoms with Crippen LogP contribution in [0.15, 0.2) is 59.7 Å². The molecule has 22 heavy (non-hydrogen) atoms. The zero-order valence-electron chi connectivity index (χ0n) is 13.0. The van der Waals surface area contributed by atoms with Crippen LogP contribution in [-0.4, -0.2) is 18.7 Å². The molecule has 1 amide bonds. The standard InChI is InChI=1S/C18H20N2O2/c1-13(2)17(14-8-5-4-6-9-14)19-20-18(21)15-10-7-11-16(12-15)22-3/h4-13H,1-3H3,(H,20,21). The van der Waals surface area contributed by atoms with Crippen molar-refractivity contribution in [3.63, 3.8) is 0 Å². The number of nitrogens with zero attached hydrogens (tertiary/aromatic N) is 1. The van der Waals surface area contributed by atoms with E-state index in [9.17, 15) is 4.79 Å². The van der Waals surface area contributed by atoms with Gasteiger partial charge in [-0.1, -0.05) is 50.2 Å². The Balaban J connectivity index is 2.18. The third kappa shape index (κ3) is 3.95. The zero-order valence-corrected chi connectivity index (χ0v) is 13.0. The van der Waals surface area contributed by atoms with E-state index < -0.39 is 0 Å². The summed E-state index contributed by atoms with van der Waals surface area (Å²) in [7, 11) is 1.57. The highest BCUT2D eigenvalue weighted by Gasteiger charge is 2.10. The number of nitrogens with one attached hydrogen (secondary N) is 1. The number of rotatable bonds is 5. The highest BCUT2D eigenvalue weighted by molar-refractivity contribution is 6.03. The van der Waals surface area contributed by atoms with Crippen LogP contribution >= 0.6 is 0 Å². The van der Waals surface area contributed by atoms with Crippen LogP contribution in [0.3, 0.4) is 0 Å². The quantitative estimate of drug-likeness (QED) is 0.678. The molecule has 0 aliphatic rings. The molecule has 0 saturated carbocycles. The van der Waals surface area contributed by atoms with Crippen LogP contribution in [0, 0.1) is 5.92 Å². The normalized spacial score (nSPS) is 11.4. The molecule has 0 radical (unpaired) electrons. The van der Waals surface area contributed by atoms with Crippen LogP contribution < -0.4 is 10.2 Å². The lowest BCUT2D eigenvalue weighted by molar-refractivity contribution is 0.0954. The lowest BCUT2D eigenvalue weighted by Crippen LogP contribution is -2.22. The molecule has 4 heteroatoms. The molecule has 0 saturated heterocycles. The van der Waals surface area contributed by atoms with E-state index in [-0.39, 0.29) is 11.8 Å². The fraction of sp³-hybridized carbons (Fsp3) is 0.222. The molecular weight excluding hydrogens is 276 g/mol. The molecule has 0 aromatic heterocycles. The Bertz CT molecular complexity index is 664. The van der Waals surface area contributed by atoms with Crippen LogP contribution in [0.4, 0.5) is 0 Å². The number of hydrogen-bond donors (Lipinski definition) is 1. The zero-order chi connectivity index (χ0) is 15.9. The molecule has 2 aromatic rings. The van der Waals surface area contributed by atoms with Gasteiger partial charge < -0.3 is 4.74 Å². The van der Waals surface area contributed by atoms with Gasteiger partial charge in [-0.2, -0.15) is 5.10 Å². The van der Waals surface area contributed by atoms with E-state index in [0.717, 1.165) is 11.3 Å². The van der Waals surface area contributed by atoms with Crippen LogP contribution in [-0.2, 0) is 0 Å². The van der Waals surface area contributed by atoms with Gasteiger partial charge in [-0.25, -0.2) is 5.43 Å². The molecule has 0 aliphatic heterocycles. The van der Waals surface area contributed by atoms with E-state index in [1.807, 2.05) is 44.2 Å². The Labute approximate surface area is 130 Å². The maximum absolute atomic E-state index is 12.2. The van der Waals surface area contributed by atoms with E-state index in [4.69, 9.17) is 4.74 Å². The number of hydrazone groups is 1. The SMILES string of the molecule is COc1cccc(C(=O)NN=C(c2ccccc2)C(C)C)c1. The molecule has 2 aromatic carbocycles. The molecule has 0 aliphatic carbocycles. The topological polar surface area (TPSA) is 50.7 Å².